The normalized spacial score (nSPS) is 22.6. The summed E-state index contributed by atoms with van der Waals surface area (Å²) >= 11 is 0. The second-order valence-corrected chi connectivity index (χ2v) is 5.25. The van der Waals surface area contributed by atoms with E-state index in [1.54, 1.807) is 0 Å². The second kappa shape index (κ2) is 8.79. The largest absolute Gasteiger partial charge is 0.481 e. The fourth-order valence-corrected chi connectivity index (χ4v) is 2.62. The molecule has 1 saturated heterocycles. The Balaban J connectivity index is 2.32. The summed E-state index contributed by atoms with van der Waals surface area (Å²) < 4.78 is 5.80. The molecule has 6 nitrogen and oxygen atoms in total. The molecule has 2 unspecified atom stereocenters. The van der Waals surface area contributed by atoms with Crippen molar-refractivity contribution in [3.8, 4) is 0 Å². The van der Waals surface area contributed by atoms with Gasteiger partial charge in [0.25, 0.3) is 0 Å². The van der Waals surface area contributed by atoms with Crippen molar-refractivity contribution >= 4 is 12.0 Å². The van der Waals surface area contributed by atoms with Crippen molar-refractivity contribution in [1.29, 1.82) is 0 Å². The molecule has 0 aliphatic carbocycles. The Kier molecular flexibility index (Phi) is 7.36. The van der Waals surface area contributed by atoms with Gasteiger partial charge in [0.1, 0.15) is 0 Å². The Bertz CT molecular complexity index is 318. The molecule has 3 N–H and O–H groups in total. The van der Waals surface area contributed by atoms with E-state index in [0.29, 0.717) is 12.5 Å². The number of ether oxygens (including phenoxy) is 1. The maximum absolute atomic E-state index is 11.7. The van der Waals surface area contributed by atoms with Crippen LogP contribution in [0, 0.1) is 5.92 Å². The first kappa shape index (κ1) is 16.8. The van der Waals surface area contributed by atoms with E-state index in [9.17, 15) is 9.59 Å². The summed E-state index contributed by atoms with van der Waals surface area (Å²) in [6.45, 7) is 5.14. The number of carboxylic acid groups (broad SMARTS) is 1. The highest BCUT2D eigenvalue weighted by Gasteiger charge is 2.28. The summed E-state index contributed by atoms with van der Waals surface area (Å²) in [6, 6.07) is -0.180. The lowest BCUT2D eigenvalue weighted by Gasteiger charge is -2.34. The molecule has 20 heavy (non-hydrogen) atoms. The average Bonchev–Trinajstić information content (AvgIpc) is 2.40. The quantitative estimate of drug-likeness (QED) is 0.665. The van der Waals surface area contributed by atoms with E-state index in [0.717, 1.165) is 25.7 Å². The number of amides is 2. The molecule has 2 amide bonds. The van der Waals surface area contributed by atoms with Gasteiger partial charge < -0.3 is 20.5 Å². The van der Waals surface area contributed by atoms with Gasteiger partial charge in [-0.15, -0.1) is 0 Å². The van der Waals surface area contributed by atoms with Crippen LogP contribution in [0.1, 0.15) is 46.0 Å². The van der Waals surface area contributed by atoms with Crippen LogP contribution >= 0.6 is 0 Å². The Morgan fingerprint density at radius 3 is 2.65 bits per heavy atom. The highest BCUT2D eigenvalue weighted by molar-refractivity contribution is 5.75. The monoisotopic (exact) mass is 286 g/mol. The standard InChI is InChI=1S/C14H26N2O4/c1-3-10(4-2)12-9-11(6-8-20-12)16-14(19)15-7-5-13(17)18/h10-12H,3-9H2,1-2H3,(H,17,18)(H2,15,16,19). The SMILES string of the molecule is CCC(CC)C1CC(NC(=O)NCCC(=O)O)CCO1. The number of carbonyl (C=O) groups is 2. The Morgan fingerprint density at radius 1 is 1.35 bits per heavy atom. The van der Waals surface area contributed by atoms with E-state index >= 15 is 0 Å². The molecule has 0 radical (unpaired) electrons. The molecule has 1 aliphatic heterocycles. The summed E-state index contributed by atoms with van der Waals surface area (Å²) in [7, 11) is 0. The van der Waals surface area contributed by atoms with E-state index in [1.165, 1.54) is 0 Å². The molecule has 1 fully saturated rings. The molecular weight excluding hydrogens is 260 g/mol. The third-order valence-electron chi connectivity index (χ3n) is 3.85. The van der Waals surface area contributed by atoms with Crippen molar-refractivity contribution in [2.75, 3.05) is 13.2 Å². The molecule has 0 saturated carbocycles. The van der Waals surface area contributed by atoms with Gasteiger partial charge in [-0.2, -0.15) is 0 Å². The molecule has 1 rings (SSSR count). The van der Waals surface area contributed by atoms with Gasteiger partial charge in [0.2, 0.25) is 0 Å². The van der Waals surface area contributed by atoms with Gasteiger partial charge >= 0.3 is 12.0 Å². The van der Waals surface area contributed by atoms with E-state index in [-0.39, 0.29) is 31.1 Å². The van der Waals surface area contributed by atoms with Crippen LogP contribution < -0.4 is 10.6 Å². The van der Waals surface area contributed by atoms with Crippen LogP contribution in [0.4, 0.5) is 4.79 Å². The molecule has 0 aromatic carbocycles. The number of urea groups is 1. The first-order chi connectivity index (χ1) is 9.56. The molecule has 0 spiro atoms. The zero-order chi connectivity index (χ0) is 15.0. The number of carbonyl (C=O) groups excluding carboxylic acids is 1. The van der Waals surface area contributed by atoms with Crippen molar-refractivity contribution in [1.82, 2.24) is 10.6 Å². The lowest BCUT2D eigenvalue weighted by molar-refractivity contribution is -0.136. The number of hydrogen-bond donors (Lipinski definition) is 3. The zero-order valence-corrected chi connectivity index (χ0v) is 12.4. The van der Waals surface area contributed by atoms with Gasteiger partial charge in [-0.05, 0) is 18.8 Å². The van der Waals surface area contributed by atoms with Gasteiger partial charge in [-0.1, -0.05) is 26.7 Å². The lowest BCUT2D eigenvalue weighted by Crippen LogP contribution is -2.47. The average molecular weight is 286 g/mol. The maximum Gasteiger partial charge on any atom is 0.315 e. The van der Waals surface area contributed by atoms with Crippen LogP contribution in [0.25, 0.3) is 0 Å². The minimum atomic E-state index is -0.912. The summed E-state index contributed by atoms with van der Waals surface area (Å²) in [5.41, 5.74) is 0. The first-order valence-corrected chi connectivity index (χ1v) is 7.44. The Hall–Kier alpha value is -1.30. The van der Waals surface area contributed by atoms with E-state index < -0.39 is 5.97 Å². The Labute approximate surface area is 120 Å². The van der Waals surface area contributed by atoms with E-state index in [4.69, 9.17) is 9.84 Å². The highest BCUT2D eigenvalue weighted by Crippen LogP contribution is 2.25. The minimum Gasteiger partial charge on any atom is -0.481 e. The molecule has 0 aromatic heterocycles. The number of aliphatic carboxylic acids is 1. The summed E-state index contributed by atoms with van der Waals surface area (Å²) in [4.78, 5) is 22.0. The van der Waals surface area contributed by atoms with Gasteiger partial charge in [0.15, 0.2) is 0 Å². The molecule has 0 bridgehead atoms. The van der Waals surface area contributed by atoms with Crippen LogP contribution in [0.5, 0.6) is 0 Å². The maximum atomic E-state index is 11.7. The van der Waals surface area contributed by atoms with Crippen LogP contribution in [0.15, 0.2) is 0 Å². The van der Waals surface area contributed by atoms with Crippen LogP contribution in [-0.2, 0) is 9.53 Å². The predicted molar refractivity (Wildman–Crippen MR) is 75.6 cm³/mol. The smallest absolute Gasteiger partial charge is 0.315 e. The number of rotatable bonds is 7. The van der Waals surface area contributed by atoms with E-state index in [2.05, 4.69) is 24.5 Å². The van der Waals surface area contributed by atoms with Gasteiger partial charge in [0, 0.05) is 19.2 Å². The number of hydrogen-bond acceptors (Lipinski definition) is 3. The van der Waals surface area contributed by atoms with Crippen LogP contribution in [0.2, 0.25) is 0 Å². The van der Waals surface area contributed by atoms with Crippen LogP contribution in [0.3, 0.4) is 0 Å². The summed E-state index contributed by atoms with van der Waals surface area (Å²) in [6.07, 6.45) is 3.96. The van der Waals surface area contributed by atoms with Crippen molar-refractivity contribution in [3.05, 3.63) is 0 Å². The predicted octanol–water partition coefficient (Wildman–Crippen LogP) is 1.74. The van der Waals surface area contributed by atoms with Crippen molar-refractivity contribution in [2.24, 2.45) is 5.92 Å². The Morgan fingerprint density at radius 2 is 2.05 bits per heavy atom. The van der Waals surface area contributed by atoms with Crippen LogP contribution in [-0.4, -0.2) is 42.4 Å². The summed E-state index contributed by atoms with van der Waals surface area (Å²) in [5.74, 6) is -0.375. The number of carboxylic acids is 1. The molecule has 2 atom stereocenters. The van der Waals surface area contributed by atoms with E-state index in [1.807, 2.05) is 0 Å². The molecule has 0 aromatic rings. The zero-order valence-electron chi connectivity index (χ0n) is 12.4. The number of nitrogens with one attached hydrogen (secondary N) is 2. The third-order valence-corrected chi connectivity index (χ3v) is 3.85. The third kappa shape index (κ3) is 5.77. The van der Waals surface area contributed by atoms with Crippen molar-refractivity contribution in [3.63, 3.8) is 0 Å². The van der Waals surface area contributed by atoms with Gasteiger partial charge in [-0.3, -0.25) is 4.79 Å². The molecule has 116 valence electrons. The topological polar surface area (TPSA) is 87.7 Å². The highest BCUT2D eigenvalue weighted by atomic mass is 16.5. The van der Waals surface area contributed by atoms with Crippen molar-refractivity contribution < 1.29 is 19.4 Å². The first-order valence-electron chi connectivity index (χ1n) is 7.44. The van der Waals surface area contributed by atoms with Gasteiger partial charge in [-0.25, -0.2) is 4.79 Å². The molecule has 6 heteroatoms. The van der Waals surface area contributed by atoms with Crippen molar-refractivity contribution in [2.45, 2.75) is 58.1 Å². The second-order valence-electron chi connectivity index (χ2n) is 5.25. The molecular formula is C14H26N2O4. The van der Waals surface area contributed by atoms with Gasteiger partial charge in [0.05, 0.1) is 12.5 Å². The fourth-order valence-electron chi connectivity index (χ4n) is 2.62. The minimum absolute atomic E-state index is 0.0580. The fraction of sp³-hybridized carbons (Fsp3) is 0.857. The molecule has 1 aliphatic rings. The molecule has 1 heterocycles. The lowest BCUT2D eigenvalue weighted by atomic mass is 9.89. The summed E-state index contributed by atoms with van der Waals surface area (Å²) in [5, 5.41) is 14.0.